The standard InChI is InChI=1S/C14H16N2O2/c1-3-8-15-14(17)12-9-16-18-13(12)11-6-4-10(2)5-7-11/h4-7,9H,3,8H2,1-2H3,(H,15,17). The van der Waals surface area contributed by atoms with Crippen LogP contribution in [0, 0.1) is 6.92 Å². The predicted octanol–water partition coefficient (Wildman–Crippen LogP) is 2.79. The fourth-order valence-corrected chi connectivity index (χ4v) is 1.65. The summed E-state index contributed by atoms with van der Waals surface area (Å²) >= 11 is 0. The lowest BCUT2D eigenvalue weighted by Crippen LogP contribution is -2.23. The van der Waals surface area contributed by atoms with Crippen molar-refractivity contribution < 1.29 is 9.32 Å². The Morgan fingerprint density at radius 2 is 2.06 bits per heavy atom. The van der Waals surface area contributed by atoms with E-state index in [1.54, 1.807) is 0 Å². The quantitative estimate of drug-likeness (QED) is 0.899. The van der Waals surface area contributed by atoms with Gasteiger partial charge in [0, 0.05) is 12.1 Å². The molecule has 4 nitrogen and oxygen atoms in total. The van der Waals surface area contributed by atoms with Crippen molar-refractivity contribution in [1.29, 1.82) is 0 Å². The Hall–Kier alpha value is -2.10. The van der Waals surface area contributed by atoms with Gasteiger partial charge in [-0.1, -0.05) is 41.9 Å². The number of hydrogen-bond acceptors (Lipinski definition) is 3. The molecule has 94 valence electrons. The van der Waals surface area contributed by atoms with Crippen LogP contribution in [0.1, 0.15) is 29.3 Å². The van der Waals surface area contributed by atoms with Crippen molar-refractivity contribution in [3.8, 4) is 11.3 Å². The van der Waals surface area contributed by atoms with Crippen LogP contribution in [0.4, 0.5) is 0 Å². The van der Waals surface area contributed by atoms with E-state index in [-0.39, 0.29) is 5.91 Å². The van der Waals surface area contributed by atoms with Gasteiger partial charge in [0.2, 0.25) is 0 Å². The van der Waals surface area contributed by atoms with Crippen molar-refractivity contribution >= 4 is 5.91 Å². The molecule has 2 aromatic rings. The van der Waals surface area contributed by atoms with Crippen LogP contribution in [0.25, 0.3) is 11.3 Å². The molecule has 1 N–H and O–H groups in total. The molecule has 0 atom stereocenters. The molecule has 0 unspecified atom stereocenters. The number of aromatic nitrogens is 1. The zero-order chi connectivity index (χ0) is 13.0. The van der Waals surface area contributed by atoms with Gasteiger partial charge in [-0.05, 0) is 13.3 Å². The molecule has 1 heterocycles. The SMILES string of the molecule is CCCNC(=O)c1cnoc1-c1ccc(C)cc1. The lowest BCUT2D eigenvalue weighted by Gasteiger charge is -2.03. The third-order valence-electron chi connectivity index (χ3n) is 2.66. The van der Waals surface area contributed by atoms with E-state index in [2.05, 4.69) is 10.5 Å². The lowest BCUT2D eigenvalue weighted by molar-refractivity contribution is 0.0954. The number of rotatable bonds is 4. The van der Waals surface area contributed by atoms with Crippen molar-refractivity contribution in [3.05, 3.63) is 41.6 Å². The van der Waals surface area contributed by atoms with Crippen LogP contribution in [-0.2, 0) is 0 Å². The van der Waals surface area contributed by atoms with Crippen molar-refractivity contribution in [2.45, 2.75) is 20.3 Å². The van der Waals surface area contributed by atoms with Gasteiger partial charge in [0.1, 0.15) is 5.56 Å². The molecule has 1 amide bonds. The molecule has 18 heavy (non-hydrogen) atoms. The minimum absolute atomic E-state index is 0.145. The number of carbonyl (C=O) groups excluding carboxylic acids is 1. The number of amides is 1. The molecule has 4 heteroatoms. The number of benzene rings is 1. The topological polar surface area (TPSA) is 55.1 Å². The normalized spacial score (nSPS) is 10.3. The van der Waals surface area contributed by atoms with Gasteiger partial charge in [0.25, 0.3) is 5.91 Å². The summed E-state index contributed by atoms with van der Waals surface area (Å²) in [6.07, 6.45) is 2.36. The molecule has 0 fully saturated rings. The second-order valence-electron chi connectivity index (χ2n) is 4.19. The first-order valence-electron chi connectivity index (χ1n) is 6.02. The minimum atomic E-state index is -0.145. The number of nitrogens with one attached hydrogen (secondary N) is 1. The maximum Gasteiger partial charge on any atom is 0.256 e. The number of nitrogens with zero attached hydrogens (tertiary/aromatic N) is 1. The van der Waals surface area contributed by atoms with E-state index < -0.39 is 0 Å². The van der Waals surface area contributed by atoms with Crippen LogP contribution in [0.3, 0.4) is 0 Å². The summed E-state index contributed by atoms with van der Waals surface area (Å²) in [6.45, 7) is 4.67. The highest BCUT2D eigenvalue weighted by Crippen LogP contribution is 2.23. The second-order valence-corrected chi connectivity index (χ2v) is 4.19. The van der Waals surface area contributed by atoms with Crippen LogP contribution >= 0.6 is 0 Å². The fourth-order valence-electron chi connectivity index (χ4n) is 1.65. The van der Waals surface area contributed by atoms with Crippen LogP contribution in [0.15, 0.2) is 35.0 Å². The third-order valence-corrected chi connectivity index (χ3v) is 2.66. The summed E-state index contributed by atoms with van der Waals surface area (Å²) in [5.41, 5.74) is 2.50. The van der Waals surface area contributed by atoms with E-state index in [0.29, 0.717) is 17.9 Å². The van der Waals surface area contributed by atoms with Crippen LogP contribution in [0.2, 0.25) is 0 Å². The van der Waals surface area contributed by atoms with Gasteiger partial charge in [-0.25, -0.2) is 0 Å². The molecule has 0 radical (unpaired) electrons. The van der Waals surface area contributed by atoms with E-state index in [9.17, 15) is 4.79 Å². The zero-order valence-electron chi connectivity index (χ0n) is 10.6. The molecular formula is C14H16N2O2. The monoisotopic (exact) mass is 244 g/mol. The minimum Gasteiger partial charge on any atom is -0.355 e. The largest absolute Gasteiger partial charge is 0.355 e. The van der Waals surface area contributed by atoms with E-state index in [1.807, 2.05) is 38.1 Å². The Balaban J connectivity index is 2.27. The average Bonchev–Trinajstić information content (AvgIpc) is 2.86. The van der Waals surface area contributed by atoms with E-state index >= 15 is 0 Å². The van der Waals surface area contributed by atoms with Gasteiger partial charge in [0.15, 0.2) is 5.76 Å². The average molecular weight is 244 g/mol. The number of carbonyl (C=O) groups is 1. The van der Waals surface area contributed by atoms with Crippen molar-refractivity contribution in [3.63, 3.8) is 0 Å². The maximum atomic E-state index is 11.9. The molecule has 0 saturated heterocycles. The van der Waals surface area contributed by atoms with E-state index in [1.165, 1.54) is 6.20 Å². The third kappa shape index (κ3) is 2.59. The lowest BCUT2D eigenvalue weighted by atomic mass is 10.1. The Morgan fingerprint density at radius 1 is 1.33 bits per heavy atom. The first-order valence-corrected chi connectivity index (χ1v) is 6.02. The van der Waals surface area contributed by atoms with Crippen LogP contribution in [-0.4, -0.2) is 17.6 Å². The predicted molar refractivity (Wildman–Crippen MR) is 69.3 cm³/mol. The summed E-state index contributed by atoms with van der Waals surface area (Å²) in [4.78, 5) is 11.9. The van der Waals surface area contributed by atoms with Gasteiger partial charge < -0.3 is 9.84 Å². The second kappa shape index (κ2) is 5.49. The molecule has 0 saturated carbocycles. The molecule has 1 aromatic carbocycles. The Kier molecular flexibility index (Phi) is 3.77. The molecule has 0 aliphatic heterocycles. The van der Waals surface area contributed by atoms with E-state index in [0.717, 1.165) is 17.5 Å². The smallest absolute Gasteiger partial charge is 0.256 e. The van der Waals surface area contributed by atoms with Crippen LogP contribution < -0.4 is 5.32 Å². The van der Waals surface area contributed by atoms with Crippen molar-refractivity contribution in [2.24, 2.45) is 0 Å². The molecule has 0 bridgehead atoms. The highest BCUT2D eigenvalue weighted by atomic mass is 16.5. The van der Waals surface area contributed by atoms with Crippen molar-refractivity contribution in [1.82, 2.24) is 10.5 Å². The van der Waals surface area contributed by atoms with Crippen LogP contribution in [0.5, 0.6) is 0 Å². The van der Waals surface area contributed by atoms with Crippen molar-refractivity contribution in [2.75, 3.05) is 6.54 Å². The Labute approximate surface area is 106 Å². The number of hydrogen-bond donors (Lipinski definition) is 1. The molecule has 1 aromatic heterocycles. The molecule has 0 aliphatic rings. The Morgan fingerprint density at radius 3 is 2.72 bits per heavy atom. The fraction of sp³-hybridized carbons (Fsp3) is 0.286. The Bertz CT molecular complexity index is 529. The first-order chi connectivity index (χ1) is 8.72. The highest BCUT2D eigenvalue weighted by molar-refractivity contribution is 5.99. The van der Waals surface area contributed by atoms with Gasteiger partial charge in [0.05, 0.1) is 6.20 Å². The molecule has 0 aliphatic carbocycles. The molecular weight excluding hydrogens is 228 g/mol. The van der Waals surface area contributed by atoms with Gasteiger partial charge in [-0.2, -0.15) is 0 Å². The molecule has 0 spiro atoms. The maximum absolute atomic E-state index is 11.9. The summed E-state index contributed by atoms with van der Waals surface area (Å²) in [6, 6.07) is 7.80. The number of aryl methyl sites for hydroxylation is 1. The van der Waals surface area contributed by atoms with Gasteiger partial charge in [-0.3, -0.25) is 4.79 Å². The summed E-state index contributed by atoms with van der Waals surface area (Å²) in [5, 5.41) is 6.53. The summed E-state index contributed by atoms with van der Waals surface area (Å²) in [5.74, 6) is 0.372. The van der Waals surface area contributed by atoms with Gasteiger partial charge in [-0.15, -0.1) is 0 Å². The summed E-state index contributed by atoms with van der Waals surface area (Å²) < 4.78 is 5.18. The molecule has 2 rings (SSSR count). The van der Waals surface area contributed by atoms with Gasteiger partial charge >= 0.3 is 0 Å². The van der Waals surface area contributed by atoms with E-state index in [4.69, 9.17) is 4.52 Å². The first kappa shape index (κ1) is 12.4. The zero-order valence-corrected chi connectivity index (χ0v) is 10.6. The summed E-state index contributed by atoms with van der Waals surface area (Å²) in [7, 11) is 0. The highest BCUT2D eigenvalue weighted by Gasteiger charge is 2.16.